The molecule has 0 saturated heterocycles. The van der Waals surface area contributed by atoms with E-state index in [1.54, 1.807) is 0 Å². The molecule has 0 aliphatic carbocycles. The van der Waals surface area contributed by atoms with Crippen LogP contribution >= 0.6 is 0 Å². The molecule has 0 saturated carbocycles. The molecular formula is C13H26N2O5. The van der Waals surface area contributed by atoms with Gasteiger partial charge in [-0.2, -0.15) is 0 Å². The molecule has 2 amide bonds. The molecule has 1 unspecified atom stereocenters. The van der Waals surface area contributed by atoms with Crippen LogP contribution in [0.15, 0.2) is 0 Å². The lowest BCUT2D eigenvalue weighted by atomic mass is 10.0. The second kappa shape index (κ2) is 9.55. The van der Waals surface area contributed by atoms with E-state index >= 15 is 0 Å². The predicted octanol–water partition coefficient (Wildman–Crippen LogP) is 0.716. The first-order valence-corrected chi connectivity index (χ1v) is 6.80. The number of amides is 2. The molecule has 0 heterocycles. The Morgan fingerprint density at radius 1 is 1.25 bits per heavy atom. The van der Waals surface area contributed by atoms with Crippen LogP contribution in [0.2, 0.25) is 0 Å². The summed E-state index contributed by atoms with van der Waals surface area (Å²) >= 11 is 0. The maximum absolute atomic E-state index is 11.4. The highest BCUT2D eigenvalue weighted by Crippen LogP contribution is 2.06. The van der Waals surface area contributed by atoms with E-state index in [0.29, 0.717) is 13.2 Å². The van der Waals surface area contributed by atoms with E-state index < -0.39 is 24.0 Å². The molecular weight excluding hydrogens is 264 g/mol. The van der Waals surface area contributed by atoms with Crippen LogP contribution in [0, 0.1) is 0 Å². The minimum atomic E-state index is -1.45. The van der Waals surface area contributed by atoms with Crippen LogP contribution in [-0.4, -0.2) is 53.6 Å². The third-order valence-electron chi connectivity index (χ3n) is 2.47. The Morgan fingerprint density at radius 2 is 1.90 bits per heavy atom. The Kier molecular flexibility index (Phi) is 8.91. The smallest absolute Gasteiger partial charge is 0.314 e. The van der Waals surface area contributed by atoms with E-state index in [1.165, 1.54) is 6.92 Å². The molecule has 0 fully saturated rings. The van der Waals surface area contributed by atoms with Gasteiger partial charge in [0.1, 0.15) is 0 Å². The van der Waals surface area contributed by atoms with Crippen molar-refractivity contribution in [3.63, 3.8) is 0 Å². The molecule has 0 bridgehead atoms. The summed E-state index contributed by atoms with van der Waals surface area (Å²) in [6, 6.07) is -0.416. The van der Waals surface area contributed by atoms with Gasteiger partial charge in [0.05, 0.1) is 18.1 Å². The number of carboxylic acid groups (broad SMARTS) is 1. The number of carboxylic acids is 1. The molecule has 7 nitrogen and oxygen atoms in total. The van der Waals surface area contributed by atoms with Crippen molar-refractivity contribution in [1.29, 1.82) is 0 Å². The van der Waals surface area contributed by atoms with Crippen molar-refractivity contribution in [2.24, 2.45) is 0 Å². The average molecular weight is 290 g/mol. The number of rotatable bonds is 10. The van der Waals surface area contributed by atoms with Crippen molar-refractivity contribution >= 4 is 12.0 Å². The molecule has 0 spiro atoms. The Morgan fingerprint density at radius 3 is 2.45 bits per heavy atom. The Bertz CT molecular complexity index is 305. The first-order chi connectivity index (χ1) is 9.23. The first kappa shape index (κ1) is 18.7. The Balaban J connectivity index is 3.61. The lowest BCUT2D eigenvalue weighted by molar-refractivity contribution is -0.141. The van der Waals surface area contributed by atoms with Crippen LogP contribution in [0.4, 0.5) is 4.79 Å². The second-order valence-corrected chi connectivity index (χ2v) is 5.30. The van der Waals surface area contributed by atoms with E-state index in [0.717, 1.165) is 12.8 Å². The van der Waals surface area contributed by atoms with Crippen LogP contribution < -0.4 is 10.6 Å². The van der Waals surface area contributed by atoms with E-state index in [1.807, 2.05) is 13.8 Å². The number of aliphatic carboxylic acids is 1. The molecule has 7 heteroatoms. The zero-order valence-corrected chi connectivity index (χ0v) is 12.4. The number of carbonyl (C=O) groups is 2. The number of urea groups is 1. The highest BCUT2D eigenvalue weighted by molar-refractivity contribution is 5.74. The maximum Gasteiger partial charge on any atom is 0.314 e. The lowest BCUT2D eigenvalue weighted by Crippen LogP contribution is -2.46. The standard InChI is InChI=1S/C13H26N2O5/c1-10(2)20-7-5-4-6-14-12(18)15-9-13(3,19)8-11(16)17/h10,19H,4-9H2,1-3H3,(H,16,17)(H2,14,15,18). The van der Waals surface area contributed by atoms with Crippen molar-refractivity contribution in [1.82, 2.24) is 10.6 Å². The summed E-state index contributed by atoms with van der Waals surface area (Å²) < 4.78 is 5.36. The van der Waals surface area contributed by atoms with Crippen LogP contribution in [-0.2, 0) is 9.53 Å². The largest absolute Gasteiger partial charge is 0.481 e. The van der Waals surface area contributed by atoms with Gasteiger partial charge >= 0.3 is 12.0 Å². The predicted molar refractivity (Wildman–Crippen MR) is 74.6 cm³/mol. The molecule has 0 aromatic rings. The summed E-state index contributed by atoms with van der Waals surface area (Å²) in [5.74, 6) is -1.11. The number of aliphatic hydroxyl groups is 1. The fourth-order valence-corrected chi connectivity index (χ4v) is 1.47. The van der Waals surface area contributed by atoms with Gasteiger partial charge in [0, 0.05) is 19.7 Å². The Labute approximate surface area is 119 Å². The van der Waals surface area contributed by atoms with E-state index in [4.69, 9.17) is 9.84 Å². The molecule has 0 aromatic carbocycles. The summed E-state index contributed by atoms with van der Waals surface area (Å²) in [5.41, 5.74) is -1.45. The van der Waals surface area contributed by atoms with Gasteiger partial charge in [0.2, 0.25) is 0 Å². The zero-order chi connectivity index (χ0) is 15.6. The third-order valence-corrected chi connectivity index (χ3v) is 2.47. The summed E-state index contributed by atoms with van der Waals surface area (Å²) in [7, 11) is 0. The number of carbonyl (C=O) groups excluding carboxylic acids is 1. The van der Waals surface area contributed by atoms with Gasteiger partial charge in [0.25, 0.3) is 0 Å². The van der Waals surface area contributed by atoms with Crippen LogP contribution in [0.1, 0.15) is 40.0 Å². The number of hydrogen-bond donors (Lipinski definition) is 4. The third kappa shape index (κ3) is 11.7. The highest BCUT2D eigenvalue weighted by atomic mass is 16.5. The Hall–Kier alpha value is -1.34. The molecule has 0 aromatic heterocycles. The first-order valence-electron chi connectivity index (χ1n) is 6.80. The normalized spacial score (nSPS) is 13.8. The molecule has 0 radical (unpaired) electrons. The average Bonchev–Trinajstić information content (AvgIpc) is 2.29. The molecule has 0 aliphatic rings. The van der Waals surface area contributed by atoms with Crippen LogP contribution in [0.3, 0.4) is 0 Å². The molecule has 1 atom stereocenters. The van der Waals surface area contributed by atoms with Gasteiger partial charge in [-0.1, -0.05) is 0 Å². The van der Waals surface area contributed by atoms with Crippen molar-refractivity contribution in [2.75, 3.05) is 19.7 Å². The number of unbranched alkanes of at least 4 members (excludes halogenated alkanes) is 1. The van der Waals surface area contributed by atoms with E-state index in [9.17, 15) is 14.7 Å². The van der Waals surface area contributed by atoms with Crippen molar-refractivity contribution < 1.29 is 24.5 Å². The summed E-state index contributed by atoms with van der Waals surface area (Å²) in [4.78, 5) is 21.9. The summed E-state index contributed by atoms with van der Waals surface area (Å²) in [5, 5.41) is 23.3. The van der Waals surface area contributed by atoms with Crippen molar-refractivity contribution in [3.8, 4) is 0 Å². The molecule has 4 N–H and O–H groups in total. The van der Waals surface area contributed by atoms with Gasteiger partial charge in [-0.15, -0.1) is 0 Å². The van der Waals surface area contributed by atoms with Gasteiger partial charge in [0.15, 0.2) is 0 Å². The zero-order valence-electron chi connectivity index (χ0n) is 12.4. The minimum Gasteiger partial charge on any atom is -0.481 e. The monoisotopic (exact) mass is 290 g/mol. The van der Waals surface area contributed by atoms with Gasteiger partial charge in [-0.05, 0) is 33.6 Å². The maximum atomic E-state index is 11.4. The fraction of sp³-hybridized carbons (Fsp3) is 0.846. The topological polar surface area (TPSA) is 108 Å². The van der Waals surface area contributed by atoms with Gasteiger partial charge in [-0.25, -0.2) is 4.79 Å². The second-order valence-electron chi connectivity index (χ2n) is 5.30. The van der Waals surface area contributed by atoms with Crippen LogP contribution in [0.25, 0.3) is 0 Å². The van der Waals surface area contributed by atoms with E-state index in [-0.39, 0.29) is 12.6 Å². The highest BCUT2D eigenvalue weighted by Gasteiger charge is 2.24. The minimum absolute atomic E-state index is 0.110. The van der Waals surface area contributed by atoms with Gasteiger partial charge in [-0.3, -0.25) is 4.79 Å². The number of ether oxygens (including phenoxy) is 1. The number of nitrogens with one attached hydrogen (secondary N) is 2. The molecule has 118 valence electrons. The molecule has 0 rings (SSSR count). The fourth-order valence-electron chi connectivity index (χ4n) is 1.47. The quantitative estimate of drug-likeness (QED) is 0.443. The van der Waals surface area contributed by atoms with Crippen molar-refractivity contribution in [3.05, 3.63) is 0 Å². The van der Waals surface area contributed by atoms with Crippen LogP contribution in [0.5, 0.6) is 0 Å². The molecule has 20 heavy (non-hydrogen) atoms. The summed E-state index contributed by atoms with van der Waals surface area (Å²) in [6.07, 6.45) is 1.45. The molecule has 0 aliphatic heterocycles. The van der Waals surface area contributed by atoms with E-state index in [2.05, 4.69) is 10.6 Å². The number of hydrogen-bond acceptors (Lipinski definition) is 4. The van der Waals surface area contributed by atoms with Crippen molar-refractivity contribution in [2.45, 2.75) is 51.7 Å². The summed E-state index contributed by atoms with van der Waals surface area (Å²) in [6.45, 7) is 6.36. The van der Waals surface area contributed by atoms with Gasteiger partial charge < -0.3 is 25.6 Å². The SMILES string of the molecule is CC(C)OCCCCNC(=O)NCC(C)(O)CC(=O)O. The lowest BCUT2D eigenvalue weighted by Gasteiger charge is -2.21.